The van der Waals surface area contributed by atoms with Crippen molar-refractivity contribution in [2.75, 3.05) is 33.3 Å². The smallest absolute Gasteiger partial charge is 0.119 e. The fourth-order valence-electron chi connectivity index (χ4n) is 2.54. The van der Waals surface area contributed by atoms with Crippen molar-refractivity contribution >= 4 is 0 Å². The quantitative estimate of drug-likeness (QED) is 0.881. The average Bonchev–Trinajstić information content (AvgIpc) is 2.43. The molecule has 0 amide bonds. The maximum atomic E-state index is 5.85. The van der Waals surface area contributed by atoms with Crippen molar-refractivity contribution in [3.8, 4) is 5.75 Å². The minimum atomic E-state index is 0.713. The monoisotopic (exact) mass is 262 g/mol. The van der Waals surface area contributed by atoms with Crippen molar-refractivity contribution in [3.05, 3.63) is 29.3 Å². The molecule has 1 aliphatic heterocycles. The first-order valence-corrected chi connectivity index (χ1v) is 7.28. The van der Waals surface area contributed by atoms with Gasteiger partial charge in [0.05, 0.1) is 0 Å². The fraction of sp³-hybridized carbons (Fsp3) is 0.625. The van der Waals surface area contributed by atoms with Gasteiger partial charge in [0, 0.05) is 12.6 Å². The van der Waals surface area contributed by atoms with Crippen molar-refractivity contribution in [2.24, 2.45) is 0 Å². The van der Waals surface area contributed by atoms with Crippen molar-refractivity contribution in [2.45, 2.75) is 32.7 Å². The molecular weight excluding hydrogens is 236 g/mol. The van der Waals surface area contributed by atoms with E-state index in [1.54, 1.807) is 0 Å². The first-order valence-electron chi connectivity index (χ1n) is 7.28. The highest BCUT2D eigenvalue weighted by Gasteiger charge is 2.17. The minimum absolute atomic E-state index is 0.713. The van der Waals surface area contributed by atoms with Crippen LogP contribution in [0.5, 0.6) is 5.75 Å². The second-order valence-electron chi connectivity index (χ2n) is 5.56. The lowest BCUT2D eigenvalue weighted by atomic mass is 10.1. The van der Waals surface area contributed by atoms with Crippen LogP contribution in [0.4, 0.5) is 0 Å². The van der Waals surface area contributed by atoms with E-state index >= 15 is 0 Å². The number of hydrogen-bond donors (Lipinski definition) is 1. The first-order chi connectivity index (χ1) is 9.16. The maximum absolute atomic E-state index is 5.85. The third-order valence-corrected chi connectivity index (χ3v) is 4.12. The van der Waals surface area contributed by atoms with E-state index in [9.17, 15) is 0 Å². The van der Waals surface area contributed by atoms with Crippen LogP contribution in [0.15, 0.2) is 18.2 Å². The highest BCUT2D eigenvalue weighted by Crippen LogP contribution is 2.16. The van der Waals surface area contributed by atoms with Gasteiger partial charge in [0.1, 0.15) is 12.4 Å². The normalized spacial score (nSPS) is 16.8. The molecule has 0 aromatic heterocycles. The third-order valence-electron chi connectivity index (χ3n) is 4.12. The summed E-state index contributed by atoms with van der Waals surface area (Å²) in [5.74, 6) is 0.988. The van der Waals surface area contributed by atoms with Crippen LogP contribution in [0.2, 0.25) is 0 Å². The zero-order valence-corrected chi connectivity index (χ0v) is 12.4. The molecule has 106 valence electrons. The van der Waals surface area contributed by atoms with E-state index in [0.29, 0.717) is 6.04 Å². The summed E-state index contributed by atoms with van der Waals surface area (Å²) in [4.78, 5) is 2.43. The van der Waals surface area contributed by atoms with Gasteiger partial charge in [0.15, 0.2) is 0 Å². The molecule has 1 heterocycles. The second kappa shape index (κ2) is 6.92. The predicted molar refractivity (Wildman–Crippen MR) is 79.9 cm³/mol. The molecule has 1 aromatic carbocycles. The van der Waals surface area contributed by atoms with Crippen molar-refractivity contribution < 1.29 is 4.74 Å². The second-order valence-corrected chi connectivity index (χ2v) is 5.56. The van der Waals surface area contributed by atoms with Crippen molar-refractivity contribution in [3.63, 3.8) is 0 Å². The highest BCUT2D eigenvalue weighted by molar-refractivity contribution is 5.33. The Kier molecular flexibility index (Phi) is 5.23. The Bertz CT molecular complexity index is 400. The minimum Gasteiger partial charge on any atom is -0.492 e. The largest absolute Gasteiger partial charge is 0.492 e. The summed E-state index contributed by atoms with van der Waals surface area (Å²) >= 11 is 0. The zero-order chi connectivity index (χ0) is 13.7. The number of likely N-dealkylation sites (N-methyl/N-ethyl adjacent to an activating group) is 1. The molecule has 3 nitrogen and oxygen atoms in total. The van der Waals surface area contributed by atoms with Crippen LogP contribution in [-0.4, -0.2) is 44.2 Å². The molecule has 1 saturated heterocycles. The SMILES string of the molecule is Cc1ccc(OCCN(C)C2CCNCC2)cc1C. The topological polar surface area (TPSA) is 24.5 Å². The van der Waals surface area contributed by atoms with Crippen LogP contribution >= 0.6 is 0 Å². The fourth-order valence-corrected chi connectivity index (χ4v) is 2.54. The van der Waals surface area contributed by atoms with E-state index in [1.165, 1.54) is 24.0 Å². The molecule has 3 heteroatoms. The zero-order valence-electron chi connectivity index (χ0n) is 12.4. The van der Waals surface area contributed by atoms with Gasteiger partial charge in [0.25, 0.3) is 0 Å². The Morgan fingerprint density at radius 2 is 1.95 bits per heavy atom. The Morgan fingerprint density at radius 3 is 2.63 bits per heavy atom. The van der Waals surface area contributed by atoms with Gasteiger partial charge in [-0.25, -0.2) is 0 Å². The summed E-state index contributed by atoms with van der Waals surface area (Å²) in [7, 11) is 2.21. The number of ether oxygens (including phenoxy) is 1. The van der Waals surface area contributed by atoms with Gasteiger partial charge >= 0.3 is 0 Å². The van der Waals surface area contributed by atoms with Crippen LogP contribution in [0.3, 0.4) is 0 Å². The summed E-state index contributed by atoms with van der Waals surface area (Å²) in [5, 5.41) is 3.41. The molecule has 0 bridgehead atoms. The molecule has 0 aliphatic carbocycles. The molecule has 0 unspecified atom stereocenters. The number of nitrogens with one attached hydrogen (secondary N) is 1. The van der Waals surface area contributed by atoms with E-state index < -0.39 is 0 Å². The summed E-state index contributed by atoms with van der Waals surface area (Å²) in [6.45, 7) is 8.31. The number of hydrogen-bond acceptors (Lipinski definition) is 3. The number of nitrogens with zero attached hydrogens (tertiary/aromatic N) is 1. The maximum Gasteiger partial charge on any atom is 0.119 e. The number of piperidine rings is 1. The molecule has 1 aliphatic rings. The van der Waals surface area contributed by atoms with Gasteiger partial charge in [-0.3, -0.25) is 4.90 Å². The summed E-state index contributed by atoms with van der Waals surface area (Å²) in [5.41, 5.74) is 2.61. The summed E-state index contributed by atoms with van der Waals surface area (Å²) < 4.78 is 5.85. The van der Waals surface area contributed by atoms with Crippen LogP contribution in [0, 0.1) is 13.8 Å². The molecule has 1 fully saturated rings. The predicted octanol–water partition coefficient (Wildman–Crippen LogP) is 2.37. The lowest BCUT2D eigenvalue weighted by Gasteiger charge is -2.31. The van der Waals surface area contributed by atoms with Gasteiger partial charge < -0.3 is 10.1 Å². The molecule has 0 spiro atoms. The van der Waals surface area contributed by atoms with Crippen LogP contribution in [-0.2, 0) is 0 Å². The molecule has 1 aromatic rings. The average molecular weight is 262 g/mol. The number of aryl methyl sites for hydroxylation is 2. The van der Waals surface area contributed by atoms with Crippen molar-refractivity contribution in [1.29, 1.82) is 0 Å². The van der Waals surface area contributed by atoms with E-state index in [0.717, 1.165) is 32.0 Å². The molecular formula is C16H26N2O. The van der Waals surface area contributed by atoms with Crippen LogP contribution < -0.4 is 10.1 Å². The Morgan fingerprint density at radius 1 is 1.21 bits per heavy atom. The van der Waals surface area contributed by atoms with E-state index in [2.05, 4.69) is 49.3 Å². The Labute approximate surface area is 116 Å². The van der Waals surface area contributed by atoms with E-state index in [-0.39, 0.29) is 0 Å². The standard InChI is InChI=1S/C16H26N2O/c1-13-4-5-16(12-14(13)2)19-11-10-18(3)15-6-8-17-9-7-15/h4-5,12,15,17H,6-11H2,1-3H3. The highest BCUT2D eigenvalue weighted by atomic mass is 16.5. The Balaban J connectivity index is 1.74. The molecule has 0 radical (unpaired) electrons. The lowest BCUT2D eigenvalue weighted by Crippen LogP contribution is -2.42. The van der Waals surface area contributed by atoms with Gasteiger partial charge in [-0.05, 0) is 70.1 Å². The molecule has 1 N–H and O–H groups in total. The van der Waals surface area contributed by atoms with Crippen molar-refractivity contribution in [1.82, 2.24) is 10.2 Å². The van der Waals surface area contributed by atoms with Gasteiger partial charge in [-0.1, -0.05) is 6.07 Å². The molecule has 0 saturated carbocycles. The van der Waals surface area contributed by atoms with Gasteiger partial charge in [0.2, 0.25) is 0 Å². The van der Waals surface area contributed by atoms with Crippen LogP contribution in [0.1, 0.15) is 24.0 Å². The van der Waals surface area contributed by atoms with Crippen LogP contribution in [0.25, 0.3) is 0 Å². The van der Waals surface area contributed by atoms with Gasteiger partial charge in [-0.15, -0.1) is 0 Å². The van der Waals surface area contributed by atoms with E-state index in [4.69, 9.17) is 4.74 Å². The Hall–Kier alpha value is -1.06. The van der Waals surface area contributed by atoms with Gasteiger partial charge in [-0.2, -0.15) is 0 Å². The molecule has 2 rings (SSSR count). The molecule has 19 heavy (non-hydrogen) atoms. The van der Waals surface area contributed by atoms with E-state index in [1.807, 2.05) is 0 Å². The summed E-state index contributed by atoms with van der Waals surface area (Å²) in [6, 6.07) is 7.03. The lowest BCUT2D eigenvalue weighted by molar-refractivity contribution is 0.165. The third kappa shape index (κ3) is 4.22. The summed E-state index contributed by atoms with van der Waals surface area (Å²) in [6.07, 6.45) is 2.50. The number of benzene rings is 1. The first kappa shape index (κ1) is 14.4. The molecule has 0 atom stereocenters. The number of rotatable bonds is 5.